The van der Waals surface area contributed by atoms with Crippen LogP contribution in [0.4, 0.5) is 11.4 Å². The van der Waals surface area contributed by atoms with Crippen LogP contribution in [0.5, 0.6) is 5.75 Å². The lowest BCUT2D eigenvalue weighted by molar-refractivity contribution is -0.384. The SMILES string of the molecule is COc1ccc([N+](=O)[O-])cc1NC(=O)C1CCN(S(=O)(=O)c2ccc3c(c2)CCC3)CC1. The summed E-state index contributed by atoms with van der Waals surface area (Å²) in [5.74, 6) is -0.385. The van der Waals surface area contributed by atoms with Crippen molar-refractivity contribution in [3.8, 4) is 5.75 Å². The molecule has 1 amide bonds. The van der Waals surface area contributed by atoms with E-state index in [-0.39, 0.29) is 30.4 Å². The Morgan fingerprint density at radius 1 is 1.12 bits per heavy atom. The van der Waals surface area contributed by atoms with E-state index in [0.29, 0.717) is 23.5 Å². The number of amides is 1. The topological polar surface area (TPSA) is 119 Å². The molecule has 0 spiro atoms. The third-order valence-corrected chi connectivity index (χ3v) is 8.08. The lowest BCUT2D eigenvalue weighted by Gasteiger charge is -2.30. The van der Waals surface area contributed by atoms with Crippen LogP contribution in [0.25, 0.3) is 0 Å². The zero-order valence-corrected chi connectivity index (χ0v) is 18.6. The highest BCUT2D eigenvalue weighted by Crippen LogP contribution is 2.32. The fraction of sp³-hybridized carbons (Fsp3) is 0.409. The van der Waals surface area contributed by atoms with Crippen LogP contribution < -0.4 is 10.1 Å². The number of carbonyl (C=O) groups is 1. The number of hydrogen-bond donors (Lipinski definition) is 1. The Morgan fingerprint density at radius 3 is 2.53 bits per heavy atom. The van der Waals surface area contributed by atoms with Gasteiger partial charge in [0.05, 0.1) is 22.6 Å². The number of carbonyl (C=O) groups excluding carboxylic acids is 1. The van der Waals surface area contributed by atoms with Crippen molar-refractivity contribution in [1.29, 1.82) is 0 Å². The molecule has 1 aliphatic carbocycles. The largest absolute Gasteiger partial charge is 0.495 e. The Hall–Kier alpha value is -2.98. The van der Waals surface area contributed by atoms with Gasteiger partial charge in [-0.1, -0.05) is 6.07 Å². The first kappa shape index (κ1) is 22.2. The van der Waals surface area contributed by atoms with Crippen LogP contribution in [-0.2, 0) is 27.7 Å². The van der Waals surface area contributed by atoms with E-state index in [1.54, 1.807) is 12.1 Å². The van der Waals surface area contributed by atoms with Gasteiger partial charge in [-0.05, 0) is 61.4 Å². The molecule has 0 radical (unpaired) electrons. The summed E-state index contributed by atoms with van der Waals surface area (Å²) in [6.07, 6.45) is 3.68. The summed E-state index contributed by atoms with van der Waals surface area (Å²) in [6.45, 7) is 0.479. The van der Waals surface area contributed by atoms with Gasteiger partial charge in [0.15, 0.2) is 0 Å². The van der Waals surface area contributed by atoms with Crippen molar-refractivity contribution in [2.75, 3.05) is 25.5 Å². The van der Waals surface area contributed by atoms with Crippen molar-refractivity contribution in [1.82, 2.24) is 4.31 Å². The highest BCUT2D eigenvalue weighted by Gasteiger charge is 2.33. The Morgan fingerprint density at radius 2 is 1.84 bits per heavy atom. The molecular weight excluding hydrogens is 434 g/mol. The minimum atomic E-state index is -3.61. The lowest BCUT2D eigenvalue weighted by Crippen LogP contribution is -2.41. The molecule has 1 N–H and O–H groups in total. The molecule has 0 unspecified atom stereocenters. The van der Waals surface area contributed by atoms with Crippen LogP contribution in [0.3, 0.4) is 0 Å². The third kappa shape index (κ3) is 4.33. The van der Waals surface area contributed by atoms with Crippen LogP contribution in [0.1, 0.15) is 30.4 Å². The van der Waals surface area contributed by atoms with E-state index < -0.39 is 20.9 Å². The first-order valence-corrected chi connectivity index (χ1v) is 12.0. The summed E-state index contributed by atoms with van der Waals surface area (Å²) in [6, 6.07) is 9.35. The summed E-state index contributed by atoms with van der Waals surface area (Å²) in [7, 11) is -2.19. The Bertz CT molecular complexity index is 1160. The van der Waals surface area contributed by atoms with E-state index in [9.17, 15) is 23.3 Å². The highest BCUT2D eigenvalue weighted by molar-refractivity contribution is 7.89. The zero-order valence-electron chi connectivity index (χ0n) is 17.7. The molecule has 4 rings (SSSR count). The van der Waals surface area contributed by atoms with Crippen molar-refractivity contribution in [2.24, 2.45) is 5.92 Å². The number of benzene rings is 2. The molecule has 2 aliphatic rings. The summed E-state index contributed by atoms with van der Waals surface area (Å²) < 4.78 is 32.8. The normalized spacial score (nSPS) is 17.0. The predicted octanol–water partition coefficient (Wildman–Crippen LogP) is 3.13. The number of piperidine rings is 1. The van der Waals surface area contributed by atoms with E-state index >= 15 is 0 Å². The van der Waals surface area contributed by atoms with Crippen LogP contribution >= 0.6 is 0 Å². The number of rotatable bonds is 6. The molecule has 1 heterocycles. The van der Waals surface area contributed by atoms with E-state index in [1.807, 2.05) is 6.07 Å². The van der Waals surface area contributed by atoms with Crippen molar-refractivity contribution in [3.63, 3.8) is 0 Å². The fourth-order valence-electron chi connectivity index (χ4n) is 4.36. The number of nitro groups is 1. The molecule has 1 saturated heterocycles. The molecule has 2 aromatic carbocycles. The third-order valence-electron chi connectivity index (χ3n) is 6.18. The molecule has 0 aromatic heterocycles. The van der Waals surface area contributed by atoms with Gasteiger partial charge in [0, 0.05) is 31.1 Å². The Balaban J connectivity index is 1.42. The van der Waals surface area contributed by atoms with Gasteiger partial charge in [-0.15, -0.1) is 0 Å². The molecule has 10 heteroatoms. The van der Waals surface area contributed by atoms with Crippen molar-refractivity contribution < 1.29 is 22.9 Å². The number of hydrogen-bond acceptors (Lipinski definition) is 6. The lowest BCUT2D eigenvalue weighted by atomic mass is 9.97. The molecule has 1 fully saturated rings. The maximum Gasteiger partial charge on any atom is 0.271 e. The molecule has 32 heavy (non-hydrogen) atoms. The van der Waals surface area contributed by atoms with Crippen molar-refractivity contribution in [2.45, 2.75) is 37.0 Å². The van der Waals surface area contributed by atoms with E-state index in [2.05, 4.69) is 5.32 Å². The Labute approximate surface area is 186 Å². The number of nitrogens with zero attached hydrogens (tertiary/aromatic N) is 2. The first-order valence-electron chi connectivity index (χ1n) is 10.5. The number of ether oxygens (including phenoxy) is 1. The second-order valence-electron chi connectivity index (χ2n) is 8.09. The second kappa shape index (κ2) is 8.87. The number of nitro benzene ring substituents is 1. The quantitative estimate of drug-likeness (QED) is 0.524. The van der Waals surface area contributed by atoms with Gasteiger partial charge >= 0.3 is 0 Å². The van der Waals surface area contributed by atoms with Gasteiger partial charge < -0.3 is 10.1 Å². The van der Waals surface area contributed by atoms with Crippen LogP contribution in [0.2, 0.25) is 0 Å². The minimum Gasteiger partial charge on any atom is -0.495 e. The van der Waals surface area contributed by atoms with E-state index in [0.717, 1.165) is 24.8 Å². The zero-order chi connectivity index (χ0) is 22.9. The number of fused-ring (bicyclic) bond motifs is 1. The van der Waals surface area contributed by atoms with Gasteiger partial charge in [0.1, 0.15) is 5.75 Å². The number of aryl methyl sites for hydroxylation is 2. The smallest absolute Gasteiger partial charge is 0.271 e. The maximum atomic E-state index is 13.1. The molecule has 1 aliphatic heterocycles. The predicted molar refractivity (Wildman–Crippen MR) is 118 cm³/mol. The maximum absolute atomic E-state index is 13.1. The molecule has 9 nitrogen and oxygen atoms in total. The number of methoxy groups -OCH3 is 1. The molecule has 0 atom stereocenters. The van der Waals surface area contributed by atoms with Crippen molar-refractivity contribution in [3.05, 3.63) is 57.6 Å². The van der Waals surface area contributed by atoms with Gasteiger partial charge in [-0.3, -0.25) is 14.9 Å². The monoisotopic (exact) mass is 459 g/mol. The molecule has 170 valence electrons. The average Bonchev–Trinajstić information content (AvgIpc) is 3.27. The summed E-state index contributed by atoms with van der Waals surface area (Å²) in [4.78, 5) is 23.6. The van der Waals surface area contributed by atoms with Gasteiger partial charge in [0.25, 0.3) is 5.69 Å². The second-order valence-corrected chi connectivity index (χ2v) is 10.0. The van der Waals surface area contributed by atoms with Crippen LogP contribution in [0, 0.1) is 16.0 Å². The molecular formula is C22H25N3O6S. The average molecular weight is 460 g/mol. The van der Waals surface area contributed by atoms with Gasteiger partial charge in [-0.25, -0.2) is 8.42 Å². The number of non-ortho nitro benzene ring substituents is 1. The number of nitrogens with one attached hydrogen (secondary N) is 1. The molecule has 2 aromatic rings. The van der Waals surface area contributed by atoms with Crippen LogP contribution in [-0.4, -0.2) is 43.8 Å². The molecule has 0 saturated carbocycles. The van der Waals surface area contributed by atoms with E-state index in [4.69, 9.17) is 4.74 Å². The number of anilines is 1. The summed E-state index contributed by atoms with van der Waals surface area (Å²) in [5.41, 5.74) is 2.39. The summed E-state index contributed by atoms with van der Waals surface area (Å²) in [5, 5.41) is 13.7. The van der Waals surface area contributed by atoms with E-state index in [1.165, 1.54) is 35.2 Å². The Kier molecular flexibility index (Phi) is 6.16. The van der Waals surface area contributed by atoms with Gasteiger partial charge in [-0.2, -0.15) is 4.31 Å². The van der Waals surface area contributed by atoms with Crippen molar-refractivity contribution >= 4 is 27.3 Å². The summed E-state index contributed by atoms with van der Waals surface area (Å²) >= 11 is 0. The fourth-order valence-corrected chi connectivity index (χ4v) is 5.88. The van der Waals surface area contributed by atoms with Crippen LogP contribution in [0.15, 0.2) is 41.3 Å². The van der Waals surface area contributed by atoms with Gasteiger partial charge in [0.2, 0.25) is 15.9 Å². The number of sulfonamides is 1. The highest BCUT2D eigenvalue weighted by atomic mass is 32.2. The standard InChI is InChI=1S/C22H25N3O6S/c1-31-21-8-6-18(25(27)28)14-20(21)23-22(26)16-9-11-24(12-10-16)32(29,30)19-7-5-15-3-2-4-17(15)13-19/h5-8,13-14,16H,2-4,9-12H2,1H3,(H,23,26). The molecule has 0 bridgehead atoms. The first-order chi connectivity index (χ1) is 15.3. The minimum absolute atomic E-state index is 0.156.